The van der Waals surface area contributed by atoms with Crippen LogP contribution < -0.4 is 5.73 Å². The van der Waals surface area contributed by atoms with Crippen LogP contribution in [0.3, 0.4) is 0 Å². The van der Waals surface area contributed by atoms with Crippen molar-refractivity contribution in [3.05, 3.63) is 29.8 Å². The lowest BCUT2D eigenvalue weighted by atomic mass is 10.2. The summed E-state index contributed by atoms with van der Waals surface area (Å²) in [5.74, 6) is 0. The van der Waals surface area contributed by atoms with Crippen molar-refractivity contribution < 1.29 is 4.74 Å². The van der Waals surface area contributed by atoms with Crippen LogP contribution in [0.1, 0.15) is 26.3 Å². The van der Waals surface area contributed by atoms with E-state index in [9.17, 15) is 0 Å². The topological polar surface area (TPSA) is 38.5 Å². The quantitative estimate of drug-likeness (QED) is 0.739. The molecular formula is C14H24N2O. The molecule has 96 valence electrons. The molecule has 0 fully saturated rings. The van der Waals surface area contributed by atoms with E-state index in [1.165, 1.54) is 5.56 Å². The highest BCUT2D eigenvalue weighted by Crippen LogP contribution is 2.09. The lowest BCUT2D eigenvalue weighted by Gasteiger charge is -2.21. The molecule has 0 saturated carbocycles. The van der Waals surface area contributed by atoms with Crippen LogP contribution in [0.15, 0.2) is 24.3 Å². The Hall–Kier alpha value is -1.06. The van der Waals surface area contributed by atoms with E-state index in [-0.39, 0.29) is 0 Å². The molecule has 1 aromatic rings. The molecule has 0 heterocycles. The van der Waals surface area contributed by atoms with Crippen molar-refractivity contribution >= 4 is 5.69 Å². The summed E-state index contributed by atoms with van der Waals surface area (Å²) in [6, 6.07) is 8.07. The van der Waals surface area contributed by atoms with Crippen LogP contribution in [0.25, 0.3) is 0 Å². The zero-order valence-corrected chi connectivity index (χ0v) is 11.1. The second kappa shape index (κ2) is 7.30. The summed E-state index contributed by atoms with van der Waals surface area (Å²) in [5, 5.41) is 0. The molecule has 0 radical (unpaired) electrons. The molecule has 1 aromatic carbocycles. The Bertz CT molecular complexity index is 326. The van der Waals surface area contributed by atoms with E-state index in [0.717, 1.165) is 31.9 Å². The number of nitrogen functional groups attached to an aromatic ring is 1. The maximum atomic E-state index is 5.77. The third-order valence-corrected chi connectivity index (χ3v) is 2.66. The minimum atomic E-state index is 0.307. The fourth-order valence-corrected chi connectivity index (χ4v) is 1.72. The number of hydrogen-bond donors (Lipinski definition) is 1. The van der Waals surface area contributed by atoms with Crippen LogP contribution in [0.4, 0.5) is 5.69 Å². The zero-order valence-electron chi connectivity index (χ0n) is 11.1. The number of nitrogens with zero attached hydrogens (tertiary/aromatic N) is 1. The van der Waals surface area contributed by atoms with E-state index < -0.39 is 0 Å². The molecule has 0 aliphatic rings. The largest absolute Gasteiger partial charge is 0.399 e. The molecule has 17 heavy (non-hydrogen) atoms. The minimum Gasteiger partial charge on any atom is -0.399 e. The van der Waals surface area contributed by atoms with Crippen molar-refractivity contribution in [1.82, 2.24) is 4.90 Å². The van der Waals surface area contributed by atoms with Gasteiger partial charge >= 0.3 is 0 Å². The highest BCUT2D eigenvalue weighted by Gasteiger charge is 2.04. The minimum absolute atomic E-state index is 0.307. The van der Waals surface area contributed by atoms with Gasteiger partial charge < -0.3 is 10.5 Å². The van der Waals surface area contributed by atoms with Gasteiger partial charge in [0, 0.05) is 18.8 Å². The molecule has 0 aliphatic heterocycles. The summed E-state index contributed by atoms with van der Waals surface area (Å²) in [4.78, 5) is 2.36. The predicted octanol–water partition coefficient (Wildman–Crippen LogP) is 2.52. The van der Waals surface area contributed by atoms with Gasteiger partial charge in [-0.1, -0.05) is 19.1 Å². The van der Waals surface area contributed by atoms with Gasteiger partial charge in [0.15, 0.2) is 0 Å². The van der Waals surface area contributed by atoms with Crippen LogP contribution in [0.2, 0.25) is 0 Å². The van der Waals surface area contributed by atoms with Gasteiger partial charge in [-0.15, -0.1) is 0 Å². The number of benzene rings is 1. The second-order valence-electron chi connectivity index (χ2n) is 4.53. The lowest BCUT2D eigenvalue weighted by Crippen LogP contribution is -2.27. The Morgan fingerprint density at radius 3 is 2.71 bits per heavy atom. The summed E-state index contributed by atoms with van der Waals surface area (Å²) < 4.78 is 5.57. The van der Waals surface area contributed by atoms with Crippen molar-refractivity contribution in [2.75, 3.05) is 25.4 Å². The first-order valence-electron chi connectivity index (χ1n) is 6.30. The Balaban J connectivity index is 2.41. The van der Waals surface area contributed by atoms with Gasteiger partial charge in [-0.2, -0.15) is 0 Å². The highest BCUT2D eigenvalue weighted by molar-refractivity contribution is 5.40. The average molecular weight is 236 g/mol. The normalized spacial score (nSPS) is 11.4. The molecule has 0 bridgehead atoms. The monoisotopic (exact) mass is 236 g/mol. The molecule has 0 aliphatic carbocycles. The van der Waals surface area contributed by atoms with Gasteiger partial charge in [-0.3, -0.25) is 4.90 Å². The number of anilines is 1. The predicted molar refractivity (Wildman–Crippen MR) is 72.9 cm³/mol. The highest BCUT2D eigenvalue weighted by atomic mass is 16.5. The Morgan fingerprint density at radius 1 is 1.35 bits per heavy atom. The van der Waals surface area contributed by atoms with E-state index in [4.69, 9.17) is 10.5 Å². The van der Waals surface area contributed by atoms with Crippen LogP contribution in [-0.4, -0.2) is 30.7 Å². The van der Waals surface area contributed by atoms with E-state index >= 15 is 0 Å². The molecule has 0 unspecified atom stereocenters. The lowest BCUT2D eigenvalue weighted by molar-refractivity contribution is 0.0585. The van der Waals surface area contributed by atoms with Crippen LogP contribution in [-0.2, 0) is 11.3 Å². The molecule has 3 heteroatoms. The van der Waals surface area contributed by atoms with Gasteiger partial charge in [-0.05, 0) is 38.1 Å². The van der Waals surface area contributed by atoms with E-state index in [1.54, 1.807) is 0 Å². The van der Waals surface area contributed by atoms with Crippen molar-refractivity contribution in [2.45, 2.75) is 33.4 Å². The Morgan fingerprint density at radius 2 is 2.12 bits per heavy atom. The molecule has 0 spiro atoms. The van der Waals surface area contributed by atoms with Crippen molar-refractivity contribution in [3.8, 4) is 0 Å². The molecule has 0 amide bonds. The van der Waals surface area contributed by atoms with E-state index in [1.807, 2.05) is 18.2 Å². The molecule has 1 rings (SSSR count). The smallest absolute Gasteiger partial charge is 0.0597 e. The Kier molecular flexibility index (Phi) is 6.01. The van der Waals surface area contributed by atoms with E-state index in [0.29, 0.717) is 6.10 Å². The number of hydrogen-bond acceptors (Lipinski definition) is 3. The maximum absolute atomic E-state index is 5.77. The summed E-state index contributed by atoms with van der Waals surface area (Å²) in [6.45, 7) is 10.0. The van der Waals surface area contributed by atoms with Gasteiger partial charge in [0.2, 0.25) is 0 Å². The SMILES string of the molecule is CCN(CCOC(C)C)Cc1cccc(N)c1. The number of likely N-dealkylation sites (N-methyl/N-ethyl adjacent to an activating group) is 1. The second-order valence-corrected chi connectivity index (χ2v) is 4.53. The zero-order chi connectivity index (χ0) is 12.7. The number of rotatable bonds is 7. The van der Waals surface area contributed by atoms with Gasteiger partial charge in [0.1, 0.15) is 0 Å². The van der Waals surface area contributed by atoms with Crippen molar-refractivity contribution in [2.24, 2.45) is 0 Å². The first-order valence-corrected chi connectivity index (χ1v) is 6.30. The van der Waals surface area contributed by atoms with Gasteiger partial charge in [-0.25, -0.2) is 0 Å². The fraction of sp³-hybridized carbons (Fsp3) is 0.571. The molecule has 3 nitrogen and oxygen atoms in total. The first kappa shape index (κ1) is 14.0. The number of ether oxygens (including phenoxy) is 1. The molecule has 0 atom stereocenters. The average Bonchev–Trinajstić information content (AvgIpc) is 2.27. The summed E-state index contributed by atoms with van der Waals surface area (Å²) in [5.41, 5.74) is 7.86. The summed E-state index contributed by atoms with van der Waals surface area (Å²) in [6.07, 6.45) is 0.307. The van der Waals surface area contributed by atoms with Crippen LogP contribution >= 0.6 is 0 Å². The van der Waals surface area contributed by atoms with Crippen molar-refractivity contribution in [1.29, 1.82) is 0 Å². The fourth-order valence-electron chi connectivity index (χ4n) is 1.72. The van der Waals surface area contributed by atoms with Crippen LogP contribution in [0.5, 0.6) is 0 Å². The third kappa shape index (κ3) is 5.71. The molecule has 0 saturated heterocycles. The molecule has 2 N–H and O–H groups in total. The maximum Gasteiger partial charge on any atom is 0.0597 e. The summed E-state index contributed by atoms with van der Waals surface area (Å²) >= 11 is 0. The number of nitrogens with two attached hydrogens (primary N) is 1. The first-order chi connectivity index (χ1) is 8.11. The Labute approximate surface area is 105 Å². The summed E-state index contributed by atoms with van der Waals surface area (Å²) in [7, 11) is 0. The third-order valence-electron chi connectivity index (χ3n) is 2.66. The molecule has 0 aromatic heterocycles. The standard InChI is InChI=1S/C14H24N2O/c1-4-16(8-9-17-12(2)3)11-13-6-5-7-14(15)10-13/h5-7,10,12H,4,8-9,11,15H2,1-3H3. The van der Waals surface area contributed by atoms with Gasteiger partial charge in [0.25, 0.3) is 0 Å². The molecular weight excluding hydrogens is 212 g/mol. The van der Waals surface area contributed by atoms with E-state index in [2.05, 4.69) is 31.7 Å². The van der Waals surface area contributed by atoms with Crippen LogP contribution in [0, 0.1) is 0 Å². The van der Waals surface area contributed by atoms with Crippen molar-refractivity contribution in [3.63, 3.8) is 0 Å². The van der Waals surface area contributed by atoms with Gasteiger partial charge in [0.05, 0.1) is 12.7 Å².